The van der Waals surface area contributed by atoms with Crippen LogP contribution in [0.2, 0.25) is 0 Å². The van der Waals surface area contributed by atoms with E-state index in [0.29, 0.717) is 6.61 Å². The van der Waals surface area contributed by atoms with Crippen LogP contribution in [0.1, 0.15) is 65.2 Å². The van der Waals surface area contributed by atoms with Gasteiger partial charge in [0.05, 0.1) is 5.41 Å². The van der Waals surface area contributed by atoms with Crippen LogP contribution in [-0.2, 0) is 9.53 Å². The van der Waals surface area contributed by atoms with Crippen LogP contribution in [0, 0.1) is 11.3 Å². The lowest BCUT2D eigenvalue weighted by atomic mass is 9.64. The average molecular weight is 308 g/mol. The van der Waals surface area contributed by atoms with E-state index in [0.717, 1.165) is 32.1 Å². The van der Waals surface area contributed by atoms with Gasteiger partial charge in [-0.1, -0.05) is 69.8 Å². The molecule has 1 rings (SSSR count). The van der Waals surface area contributed by atoms with E-state index in [4.69, 9.17) is 4.74 Å². The fourth-order valence-electron chi connectivity index (χ4n) is 3.56. The Morgan fingerprint density at radius 1 is 1.27 bits per heavy atom. The molecule has 0 aromatic rings. The van der Waals surface area contributed by atoms with E-state index in [9.17, 15) is 9.90 Å². The number of methoxy groups -OCH3 is 1. The van der Waals surface area contributed by atoms with E-state index in [1.165, 1.54) is 24.8 Å². The third-order valence-electron chi connectivity index (χ3n) is 4.88. The summed E-state index contributed by atoms with van der Waals surface area (Å²) in [6.07, 6.45) is 14.1. The highest BCUT2D eigenvalue weighted by Crippen LogP contribution is 2.45. The first-order valence-corrected chi connectivity index (χ1v) is 8.73. The number of carbonyl (C=O) groups is 1. The number of aliphatic carboxylic acids is 1. The Hall–Kier alpha value is -1.09. The summed E-state index contributed by atoms with van der Waals surface area (Å²) in [6, 6.07) is 0. The van der Waals surface area contributed by atoms with Gasteiger partial charge in [0, 0.05) is 19.6 Å². The zero-order chi connectivity index (χ0) is 16.4. The zero-order valence-electron chi connectivity index (χ0n) is 14.4. The second kappa shape index (κ2) is 9.83. The van der Waals surface area contributed by atoms with Crippen molar-refractivity contribution in [2.75, 3.05) is 13.7 Å². The Labute approximate surface area is 135 Å². The normalized spacial score (nSPS) is 24.3. The van der Waals surface area contributed by atoms with Crippen molar-refractivity contribution in [2.24, 2.45) is 11.3 Å². The fraction of sp³-hybridized carbons (Fsp3) is 0.737. The molecule has 0 saturated carbocycles. The second-order valence-electron chi connectivity index (χ2n) is 6.30. The van der Waals surface area contributed by atoms with Gasteiger partial charge < -0.3 is 9.84 Å². The molecule has 0 spiro atoms. The lowest BCUT2D eigenvalue weighted by Crippen LogP contribution is -2.40. The van der Waals surface area contributed by atoms with Gasteiger partial charge in [-0.2, -0.15) is 0 Å². The number of ether oxygens (including phenoxy) is 1. The molecule has 0 radical (unpaired) electrons. The highest BCUT2D eigenvalue weighted by molar-refractivity contribution is 5.79. The van der Waals surface area contributed by atoms with Crippen molar-refractivity contribution in [1.29, 1.82) is 0 Å². The number of hydrogen-bond acceptors (Lipinski definition) is 2. The van der Waals surface area contributed by atoms with Gasteiger partial charge in [0.1, 0.15) is 0 Å². The fourth-order valence-corrected chi connectivity index (χ4v) is 3.56. The van der Waals surface area contributed by atoms with Crippen molar-refractivity contribution >= 4 is 5.97 Å². The molecule has 3 heteroatoms. The number of hydrogen-bond donors (Lipinski definition) is 1. The Bertz CT molecular complexity index is 397. The van der Waals surface area contributed by atoms with Crippen LogP contribution in [0.4, 0.5) is 0 Å². The van der Waals surface area contributed by atoms with Gasteiger partial charge in [-0.3, -0.25) is 4.79 Å². The molecule has 3 nitrogen and oxygen atoms in total. The molecule has 0 bridgehead atoms. The number of unbranched alkanes of at least 4 members (excludes halogenated alkanes) is 4. The SMILES string of the molecule is CCCCCCCC1(C(=O)O)C=CC=C(CC)C1CCOC. The Balaban J connectivity index is 2.84. The number of rotatable bonds is 11. The second-order valence-corrected chi connectivity index (χ2v) is 6.30. The van der Waals surface area contributed by atoms with Gasteiger partial charge >= 0.3 is 5.97 Å². The molecule has 0 heterocycles. The molecule has 0 aromatic carbocycles. The molecule has 0 fully saturated rings. The highest BCUT2D eigenvalue weighted by atomic mass is 16.5. The minimum absolute atomic E-state index is 0.0612. The summed E-state index contributed by atoms with van der Waals surface area (Å²) in [5, 5.41) is 9.96. The van der Waals surface area contributed by atoms with Crippen molar-refractivity contribution in [3.05, 3.63) is 23.8 Å². The summed E-state index contributed by atoms with van der Waals surface area (Å²) in [5.74, 6) is -0.620. The Kier molecular flexibility index (Phi) is 8.47. The summed E-state index contributed by atoms with van der Waals surface area (Å²) in [4.78, 5) is 12.1. The summed E-state index contributed by atoms with van der Waals surface area (Å²) < 4.78 is 5.22. The van der Waals surface area contributed by atoms with Gasteiger partial charge in [-0.05, 0) is 19.3 Å². The first-order valence-electron chi connectivity index (χ1n) is 8.73. The van der Waals surface area contributed by atoms with Gasteiger partial charge in [-0.25, -0.2) is 0 Å². The third kappa shape index (κ3) is 4.70. The minimum Gasteiger partial charge on any atom is -0.481 e. The summed E-state index contributed by atoms with van der Waals surface area (Å²) >= 11 is 0. The van der Waals surface area contributed by atoms with E-state index in [2.05, 4.69) is 19.9 Å². The van der Waals surface area contributed by atoms with Crippen LogP contribution in [-0.4, -0.2) is 24.8 Å². The van der Waals surface area contributed by atoms with Crippen LogP contribution in [0.25, 0.3) is 0 Å². The molecule has 0 aromatic heterocycles. The number of carboxylic acid groups (broad SMARTS) is 1. The number of carboxylic acids is 1. The van der Waals surface area contributed by atoms with E-state index in [-0.39, 0.29) is 5.92 Å². The maximum absolute atomic E-state index is 12.1. The van der Waals surface area contributed by atoms with Crippen LogP contribution in [0.5, 0.6) is 0 Å². The quantitative estimate of drug-likeness (QED) is 0.548. The van der Waals surface area contributed by atoms with Gasteiger partial charge in [0.25, 0.3) is 0 Å². The summed E-state index contributed by atoms with van der Waals surface area (Å²) in [7, 11) is 1.68. The van der Waals surface area contributed by atoms with Crippen LogP contribution >= 0.6 is 0 Å². The van der Waals surface area contributed by atoms with Crippen LogP contribution in [0.3, 0.4) is 0 Å². The molecule has 0 aliphatic heterocycles. The average Bonchev–Trinajstić information content (AvgIpc) is 2.52. The maximum Gasteiger partial charge on any atom is 0.314 e. The van der Waals surface area contributed by atoms with Gasteiger partial charge in [0.2, 0.25) is 0 Å². The first kappa shape index (κ1) is 19.0. The summed E-state index contributed by atoms with van der Waals surface area (Å²) in [6.45, 7) is 4.92. The largest absolute Gasteiger partial charge is 0.481 e. The Morgan fingerprint density at radius 3 is 2.59 bits per heavy atom. The van der Waals surface area contributed by atoms with Gasteiger partial charge in [-0.15, -0.1) is 0 Å². The van der Waals surface area contributed by atoms with E-state index >= 15 is 0 Å². The molecule has 126 valence electrons. The van der Waals surface area contributed by atoms with Crippen molar-refractivity contribution in [1.82, 2.24) is 0 Å². The molecule has 1 aliphatic carbocycles. The predicted octanol–water partition coefficient (Wildman–Crippen LogP) is 4.98. The Morgan fingerprint density at radius 2 is 2.00 bits per heavy atom. The predicted molar refractivity (Wildman–Crippen MR) is 90.9 cm³/mol. The van der Waals surface area contributed by atoms with Crippen molar-refractivity contribution in [3.63, 3.8) is 0 Å². The molecule has 2 atom stereocenters. The highest BCUT2D eigenvalue weighted by Gasteiger charge is 2.45. The number of allylic oxidation sites excluding steroid dienone is 3. The van der Waals surface area contributed by atoms with E-state index in [1.807, 2.05) is 12.2 Å². The maximum atomic E-state index is 12.1. The molecule has 1 aliphatic rings. The van der Waals surface area contributed by atoms with E-state index < -0.39 is 11.4 Å². The van der Waals surface area contributed by atoms with Crippen LogP contribution < -0.4 is 0 Å². The first-order chi connectivity index (χ1) is 10.6. The lowest BCUT2D eigenvalue weighted by molar-refractivity contribution is -0.149. The minimum atomic E-state index is -0.745. The van der Waals surface area contributed by atoms with E-state index in [1.54, 1.807) is 7.11 Å². The summed E-state index contributed by atoms with van der Waals surface area (Å²) in [5.41, 5.74) is 0.501. The van der Waals surface area contributed by atoms with Crippen LogP contribution in [0.15, 0.2) is 23.8 Å². The molecule has 2 unspecified atom stereocenters. The van der Waals surface area contributed by atoms with Crippen molar-refractivity contribution < 1.29 is 14.6 Å². The third-order valence-corrected chi connectivity index (χ3v) is 4.88. The molecular formula is C19H32O3. The zero-order valence-corrected chi connectivity index (χ0v) is 14.4. The van der Waals surface area contributed by atoms with Crippen molar-refractivity contribution in [2.45, 2.75) is 65.2 Å². The van der Waals surface area contributed by atoms with Gasteiger partial charge in [0.15, 0.2) is 0 Å². The molecule has 1 N–H and O–H groups in total. The molecule has 0 amide bonds. The van der Waals surface area contributed by atoms with Crippen molar-refractivity contribution in [3.8, 4) is 0 Å². The lowest BCUT2D eigenvalue weighted by Gasteiger charge is -2.38. The molecule has 0 saturated heterocycles. The topological polar surface area (TPSA) is 46.5 Å². The molecular weight excluding hydrogens is 276 g/mol. The smallest absolute Gasteiger partial charge is 0.314 e. The monoisotopic (exact) mass is 308 g/mol. The molecule has 22 heavy (non-hydrogen) atoms. The standard InChI is InChI=1S/C19H32O3/c1-4-6-7-8-9-13-19(18(20)21)14-10-11-16(5-2)17(19)12-15-22-3/h10-11,14,17H,4-9,12-13,15H2,1-3H3,(H,20,21).